The van der Waals surface area contributed by atoms with E-state index < -0.39 is 39.3 Å². The van der Waals surface area contributed by atoms with Crippen molar-refractivity contribution in [2.24, 2.45) is 0 Å². The summed E-state index contributed by atoms with van der Waals surface area (Å²) in [5.74, 6) is -4.15. The first-order chi connectivity index (χ1) is 24.6. The monoisotopic (exact) mass is 740 g/mol. The summed E-state index contributed by atoms with van der Waals surface area (Å²) in [6.45, 7) is 3.09. The van der Waals surface area contributed by atoms with E-state index in [1.165, 1.54) is 70.5 Å². The lowest BCUT2D eigenvalue weighted by molar-refractivity contribution is -0.137. The molecule has 9 nitrogen and oxygen atoms in total. The van der Waals surface area contributed by atoms with Crippen LogP contribution in [0.5, 0.6) is 11.5 Å². The lowest BCUT2D eigenvalue weighted by Gasteiger charge is -2.37. The molecule has 3 aliphatic heterocycles. The van der Waals surface area contributed by atoms with Gasteiger partial charge < -0.3 is 24.3 Å². The molecule has 2 amide bonds. The highest BCUT2D eigenvalue weighted by Crippen LogP contribution is 2.46. The van der Waals surface area contributed by atoms with Gasteiger partial charge in [0.2, 0.25) is 9.84 Å². The van der Waals surface area contributed by atoms with Crippen LogP contribution in [-0.2, 0) is 21.9 Å². The van der Waals surface area contributed by atoms with Gasteiger partial charge in [-0.1, -0.05) is 24.3 Å². The molecule has 4 aromatic rings. The number of anilines is 2. The molecule has 15 heteroatoms. The molecule has 0 aromatic heterocycles. The van der Waals surface area contributed by atoms with Crippen molar-refractivity contribution in [3.63, 3.8) is 0 Å². The fourth-order valence-corrected chi connectivity index (χ4v) is 8.65. The largest absolute Gasteiger partial charge is 0.455 e. The van der Waals surface area contributed by atoms with Crippen LogP contribution in [0.15, 0.2) is 94.7 Å². The van der Waals surface area contributed by atoms with Crippen molar-refractivity contribution in [3.05, 3.63) is 107 Å². The molecule has 7 rings (SSSR count). The van der Waals surface area contributed by atoms with Crippen LogP contribution in [0.1, 0.15) is 38.8 Å². The van der Waals surface area contributed by atoms with Gasteiger partial charge in [-0.05, 0) is 60.7 Å². The first kappa shape index (κ1) is 35.2. The molecule has 0 unspecified atom stereocenters. The Balaban J connectivity index is 1.08. The molecule has 2 saturated heterocycles. The summed E-state index contributed by atoms with van der Waals surface area (Å²) in [5.41, 5.74) is 0.216. The van der Waals surface area contributed by atoms with Gasteiger partial charge in [0.1, 0.15) is 21.3 Å². The molecule has 0 radical (unpaired) electrons. The average Bonchev–Trinajstić information content (AvgIpc) is 3.13. The molecule has 0 bridgehead atoms. The van der Waals surface area contributed by atoms with E-state index in [9.17, 15) is 40.0 Å². The number of fused-ring (bicyclic) bond motifs is 2. The Labute approximate surface area is 296 Å². The van der Waals surface area contributed by atoms with Crippen molar-refractivity contribution in [2.75, 3.05) is 62.2 Å². The summed E-state index contributed by atoms with van der Waals surface area (Å²) in [5, 5.41) is 0. The second-order valence-corrected chi connectivity index (χ2v) is 14.7. The fourth-order valence-electron chi connectivity index (χ4n) is 6.81. The number of piperazine rings is 2. The minimum Gasteiger partial charge on any atom is -0.455 e. The number of hydrogen-bond donors (Lipinski definition) is 0. The standard InChI is InChI=1S/C37H33F5N4O5S/c1-36(38,39)24-8-12-26(13-9-24)43-16-20-45(21-17-43)34(47)28-4-2-6-30-32(28)52(49,50)33-29(5-3-7-31(33)51-30)35(48)46-22-18-44(19-23-46)27-14-10-25(11-15-27)37(40,41)42/h2-15H,16-23H2,1H3. The number of hydrogen-bond acceptors (Lipinski definition) is 7. The highest BCUT2D eigenvalue weighted by Gasteiger charge is 2.41. The number of ether oxygens (including phenoxy) is 1. The second kappa shape index (κ2) is 13.1. The van der Waals surface area contributed by atoms with Crippen LogP contribution in [0.3, 0.4) is 0 Å². The zero-order chi connectivity index (χ0) is 37.0. The number of carbonyl (C=O) groups excluding carboxylic acids is 2. The van der Waals surface area contributed by atoms with Crippen LogP contribution in [-0.4, -0.2) is 82.4 Å². The Morgan fingerprint density at radius 2 is 0.962 bits per heavy atom. The SMILES string of the molecule is CC(F)(F)c1ccc(N2CCN(C(=O)c3cccc4c3S(=O)(=O)c3c(cccc3C(=O)N3CCN(c5ccc(C(F)(F)F)cc5)CC3)O4)CC2)cc1. The number of rotatable bonds is 5. The van der Waals surface area contributed by atoms with Crippen LogP contribution < -0.4 is 14.5 Å². The van der Waals surface area contributed by atoms with Gasteiger partial charge in [0.05, 0.1) is 16.7 Å². The van der Waals surface area contributed by atoms with Crippen molar-refractivity contribution in [3.8, 4) is 11.5 Å². The second-order valence-electron chi connectivity index (χ2n) is 12.9. The summed E-state index contributed by atoms with van der Waals surface area (Å²) in [6, 6.07) is 19.5. The van der Waals surface area contributed by atoms with Crippen LogP contribution in [0.25, 0.3) is 0 Å². The molecule has 0 spiro atoms. The predicted molar refractivity (Wildman–Crippen MR) is 182 cm³/mol. The molecule has 3 heterocycles. The minimum atomic E-state index is -4.46. The maximum atomic E-state index is 14.4. The number of sulfone groups is 1. The molecule has 0 aliphatic carbocycles. The molecule has 4 aromatic carbocycles. The maximum Gasteiger partial charge on any atom is 0.416 e. The van der Waals surface area contributed by atoms with Crippen LogP contribution in [0.2, 0.25) is 0 Å². The molecule has 0 saturated carbocycles. The number of benzene rings is 4. The van der Waals surface area contributed by atoms with E-state index in [4.69, 9.17) is 4.74 Å². The van der Waals surface area contributed by atoms with Crippen molar-refractivity contribution in [1.29, 1.82) is 0 Å². The van der Waals surface area contributed by atoms with Gasteiger partial charge in [0, 0.05) is 76.2 Å². The maximum absolute atomic E-state index is 14.4. The Morgan fingerprint density at radius 3 is 1.33 bits per heavy atom. The number of amides is 2. The van der Waals surface area contributed by atoms with E-state index in [1.54, 1.807) is 12.1 Å². The van der Waals surface area contributed by atoms with Crippen LogP contribution >= 0.6 is 0 Å². The van der Waals surface area contributed by atoms with Gasteiger partial charge in [-0.15, -0.1) is 0 Å². The van der Waals surface area contributed by atoms with E-state index >= 15 is 0 Å². The van der Waals surface area contributed by atoms with E-state index in [1.807, 2.05) is 9.80 Å². The molecular weight excluding hydrogens is 707 g/mol. The van der Waals surface area contributed by atoms with Crippen LogP contribution in [0, 0.1) is 0 Å². The molecule has 2 fully saturated rings. The molecule has 0 atom stereocenters. The summed E-state index contributed by atoms with van der Waals surface area (Å²) >= 11 is 0. The number of carbonyl (C=O) groups is 2. The predicted octanol–water partition coefficient (Wildman–Crippen LogP) is 6.68. The summed E-state index contributed by atoms with van der Waals surface area (Å²) in [4.78, 5) is 34.0. The van der Waals surface area contributed by atoms with E-state index in [-0.39, 0.29) is 64.2 Å². The lowest BCUT2D eigenvalue weighted by Crippen LogP contribution is -2.49. The van der Waals surface area contributed by atoms with Gasteiger partial charge in [-0.3, -0.25) is 9.59 Å². The van der Waals surface area contributed by atoms with Gasteiger partial charge in [-0.25, -0.2) is 17.2 Å². The van der Waals surface area contributed by atoms with Gasteiger partial charge in [-0.2, -0.15) is 13.2 Å². The van der Waals surface area contributed by atoms with E-state index in [0.29, 0.717) is 31.9 Å². The van der Waals surface area contributed by atoms with Gasteiger partial charge >= 0.3 is 6.18 Å². The van der Waals surface area contributed by atoms with Crippen molar-refractivity contribution < 1.29 is 44.7 Å². The number of nitrogens with zero attached hydrogens (tertiary/aromatic N) is 4. The van der Waals surface area contributed by atoms with Gasteiger partial charge in [0.15, 0.2) is 0 Å². The molecule has 52 heavy (non-hydrogen) atoms. The fraction of sp³-hybridized carbons (Fsp3) is 0.297. The Kier molecular flexibility index (Phi) is 8.88. The Morgan fingerprint density at radius 1 is 0.577 bits per heavy atom. The van der Waals surface area contributed by atoms with Crippen molar-refractivity contribution >= 4 is 33.0 Å². The Bertz CT molecular complexity index is 1980. The van der Waals surface area contributed by atoms with Crippen molar-refractivity contribution in [2.45, 2.75) is 28.8 Å². The highest BCUT2D eigenvalue weighted by molar-refractivity contribution is 7.92. The third-order valence-corrected chi connectivity index (χ3v) is 11.5. The third-order valence-electron chi connectivity index (χ3n) is 9.61. The molecule has 3 aliphatic rings. The molecule has 272 valence electrons. The topological polar surface area (TPSA) is 90.5 Å². The lowest BCUT2D eigenvalue weighted by atomic mass is 10.1. The Hall–Kier alpha value is -5.18. The first-order valence-electron chi connectivity index (χ1n) is 16.6. The third kappa shape index (κ3) is 6.53. The normalized spacial score (nSPS) is 17.3. The average molecular weight is 741 g/mol. The van der Waals surface area contributed by atoms with Crippen LogP contribution in [0.4, 0.5) is 33.3 Å². The highest BCUT2D eigenvalue weighted by atomic mass is 32.2. The number of halogens is 5. The summed E-state index contributed by atoms with van der Waals surface area (Å²) in [6.07, 6.45) is -4.46. The zero-order valence-corrected chi connectivity index (χ0v) is 28.7. The molecular formula is C37H33F5N4O5S. The summed E-state index contributed by atoms with van der Waals surface area (Å²) in [7, 11) is -4.46. The van der Waals surface area contributed by atoms with Crippen molar-refractivity contribution in [1.82, 2.24) is 9.80 Å². The van der Waals surface area contributed by atoms with E-state index in [0.717, 1.165) is 24.7 Å². The van der Waals surface area contributed by atoms with Gasteiger partial charge in [0.25, 0.3) is 17.7 Å². The molecule has 0 N–H and O–H groups in total. The summed E-state index contributed by atoms with van der Waals surface area (Å²) < 4.78 is 101. The minimum absolute atomic E-state index is 0.0421. The quantitative estimate of drug-likeness (QED) is 0.186. The number of alkyl halides is 5. The first-order valence-corrected chi connectivity index (χ1v) is 18.0. The smallest absolute Gasteiger partial charge is 0.416 e. The zero-order valence-electron chi connectivity index (χ0n) is 27.9. The van der Waals surface area contributed by atoms with E-state index in [2.05, 4.69) is 0 Å².